The normalized spacial score (nSPS) is 14.4. The van der Waals surface area contributed by atoms with Crippen LogP contribution < -0.4 is 0 Å². The Morgan fingerprint density at radius 3 is 3.08 bits per heavy atom. The molecule has 0 fully saturated rings. The van der Waals surface area contributed by atoms with Gasteiger partial charge in [0, 0.05) is 11.8 Å². The number of carbonyl (C=O) groups is 1. The fourth-order valence-electron chi connectivity index (χ4n) is 1.26. The first-order valence-corrected chi connectivity index (χ1v) is 4.03. The zero-order valence-corrected chi connectivity index (χ0v) is 7.32. The maximum absolute atomic E-state index is 10.6. The average Bonchev–Trinajstić information content (AvgIpc) is 2.46. The molecule has 1 aromatic heterocycles. The maximum Gasteiger partial charge on any atom is 0.407 e. The Balaban J connectivity index is 2.30. The standard InChI is InChI=1S/C7H6ClN3O2/c8-6-9-1-4-2-11(7(12)13)3-5(4)10-6/h1H,2-3H2,(H,12,13). The topological polar surface area (TPSA) is 66.3 Å². The lowest BCUT2D eigenvalue weighted by atomic mass is 10.3. The van der Waals surface area contributed by atoms with E-state index in [0.717, 1.165) is 5.56 Å². The van der Waals surface area contributed by atoms with Gasteiger partial charge in [0.25, 0.3) is 0 Å². The molecule has 0 saturated carbocycles. The minimum absolute atomic E-state index is 0.158. The van der Waals surface area contributed by atoms with Crippen LogP contribution in [0.25, 0.3) is 0 Å². The van der Waals surface area contributed by atoms with Crippen molar-refractivity contribution in [3.63, 3.8) is 0 Å². The molecule has 0 radical (unpaired) electrons. The summed E-state index contributed by atoms with van der Waals surface area (Å²) in [7, 11) is 0. The van der Waals surface area contributed by atoms with Crippen molar-refractivity contribution < 1.29 is 9.90 Å². The highest BCUT2D eigenvalue weighted by Crippen LogP contribution is 2.20. The van der Waals surface area contributed by atoms with E-state index >= 15 is 0 Å². The largest absolute Gasteiger partial charge is 0.465 e. The van der Waals surface area contributed by atoms with Gasteiger partial charge in [-0.15, -0.1) is 0 Å². The van der Waals surface area contributed by atoms with E-state index in [1.165, 1.54) is 4.90 Å². The first-order valence-electron chi connectivity index (χ1n) is 3.65. The number of rotatable bonds is 0. The Hall–Kier alpha value is -1.36. The molecule has 1 amide bonds. The Morgan fingerprint density at radius 1 is 1.62 bits per heavy atom. The average molecular weight is 200 g/mol. The molecule has 0 atom stereocenters. The molecule has 1 N–H and O–H groups in total. The lowest BCUT2D eigenvalue weighted by Gasteiger charge is -2.07. The second kappa shape index (κ2) is 2.85. The number of fused-ring (bicyclic) bond motifs is 1. The minimum Gasteiger partial charge on any atom is -0.465 e. The fraction of sp³-hybridized carbons (Fsp3) is 0.286. The van der Waals surface area contributed by atoms with Crippen molar-refractivity contribution in [2.75, 3.05) is 0 Å². The quantitative estimate of drug-likeness (QED) is 0.636. The van der Waals surface area contributed by atoms with Gasteiger partial charge in [0.1, 0.15) is 0 Å². The molecule has 2 heterocycles. The van der Waals surface area contributed by atoms with E-state index in [0.29, 0.717) is 18.8 Å². The molecule has 1 aliphatic rings. The summed E-state index contributed by atoms with van der Waals surface area (Å²) >= 11 is 5.56. The monoisotopic (exact) mass is 199 g/mol. The van der Waals surface area contributed by atoms with E-state index in [9.17, 15) is 4.79 Å². The molecule has 0 saturated heterocycles. The van der Waals surface area contributed by atoms with E-state index in [1.54, 1.807) is 6.20 Å². The second-order valence-electron chi connectivity index (χ2n) is 2.75. The van der Waals surface area contributed by atoms with E-state index < -0.39 is 6.09 Å². The van der Waals surface area contributed by atoms with Crippen molar-refractivity contribution in [2.45, 2.75) is 13.1 Å². The lowest BCUT2D eigenvalue weighted by molar-refractivity contribution is 0.145. The third-order valence-corrected chi connectivity index (χ3v) is 2.08. The van der Waals surface area contributed by atoms with Crippen LogP contribution in [-0.4, -0.2) is 26.1 Å². The molecule has 6 heteroatoms. The van der Waals surface area contributed by atoms with Crippen molar-refractivity contribution in [2.24, 2.45) is 0 Å². The van der Waals surface area contributed by atoms with Crippen LogP contribution >= 0.6 is 11.6 Å². The van der Waals surface area contributed by atoms with Crippen molar-refractivity contribution >= 4 is 17.7 Å². The summed E-state index contributed by atoms with van der Waals surface area (Å²) in [5, 5.41) is 8.86. The highest BCUT2D eigenvalue weighted by Gasteiger charge is 2.24. The van der Waals surface area contributed by atoms with E-state index in [4.69, 9.17) is 16.7 Å². The van der Waals surface area contributed by atoms with Gasteiger partial charge in [-0.2, -0.15) is 0 Å². The third-order valence-electron chi connectivity index (χ3n) is 1.90. The van der Waals surface area contributed by atoms with E-state index in [-0.39, 0.29) is 5.28 Å². The number of carboxylic acid groups (broad SMARTS) is 1. The van der Waals surface area contributed by atoms with E-state index in [1.807, 2.05) is 0 Å². The smallest absolute Gasteiger partial charge is 0.407 e. The predicted octanol–water partition coefficient (Wildman–Crippen LogP) is 1.12. The van der Waals surface area contributed by atoms with Gasteiger partial charge in [-0.05, 0) is 11.6 Å². The number of nitrogens with zero attached hydrogens (tertiary/aromatic N) is 3. The van der Waals surface area contributed by atoms with Gasteiger partial charge in [0.15, 0.2) is 0 Å². The van der Waals surface area contributed by atoms with Crippen LogP contribution in [0, 0.1) is 0 Å². The summed E-state index contributed by atoms with van der Waals surface area (Å²) in [5.74, 6) is 0. The summed E-state index contributed by atoms with van der Waals surface area (Å²) < 4.78 is 0. The molecule has 5 nitrogen and oxygen atoms in total. The summed E-state index contributed by atoms with van der Waals surface area (Å²) in [6.07, 6.45) is 0.613. The highest BCUT2D eigenvalue weighted by atomic mass is 35.5. The molecule has 0 unspecified atom stereocenters. The van der Waals surface area contributed by atoms with Crippen LogP contribution in [-0.2, 0) is 13.1 Å². The van der Waals surface area contributed by atoms with Crippen LogP contribution in [0.4, 0.5) is 4.79 Å². The summed E-state index contributed by atoms with van der Waals surface area (Å²) in [6, 6.07) is 0. The zero-order valence-electron chi connectivity index (χ0n) is 6.57. The van der Waals surface area contributed by atoms with Gasteiger partial charge in [0.2, 0.25) is 5.28 Å². The maximum atomic E-state index is 10.6. The van der Waals surface area contributed by atoms with Gasteiger partial charge in [0.05, 0.1) is 18.8 Å². The molecule has 0 aliphatic carbocycles. The Labute approximate surface area is 79.0 Å². The fourth-order valence-corrected chi connectivity index (χ4v) is 1.42. The SMILES string of the molecule is O=C(O)N1Cc2cnc(Cl)nc2C1. The predicted molar refractivity (Wildman–Crippen MR) is 44.3 cm³/mol. The molecule has 1 aromatic rings. The Kier molecular flexibility index (Phi) is 1.81. The third kappa shape index (κ3) is 1.42. The van der Waals surface area contributed by atoms with Gasteiger partial charge in [-0.3, -0.25) is 4.90 Å². The molecule has 2 rings (SSSR count). The summed E-state index contributed by atoms with van der Waals surface area (Å²) in [6.45, 7) is 0.648. The van der Waals surface area contributed by atoms with Crippen molar-refractivity contribution in [3.05, 3.63) is 22.7 Å². The Morgan fingerprint density at radius 2 is 2.38 bits per heavy atom. The van der Waals surface area contributed by atoms with Gasteiger partial charge in [-0.25, -0.2) is 14.8 Å². The summed E-state index contributed by atoms with van der Waals surface area (Å²) in [5.41, 5.74) is 1.52. The molecule has 1 aliphatic heterocycles. The molecule has 13 heavy (non-hydrogen) atoms. The lowest BCUT2D eigenvalue weighted by Crippen LogP contribution is -2.22. The molecule has 68 valence electrons. The van der Waals surface area contributed by atoms with Crippen molar-refractivity contribution in [3.8, 4) is 0 Å². The van der Waals surface area contributed by atoms with Gasteiger partial charge in [-0.1, -0.05) is 0 Å². The number of hydrogen-bond donors (Lipinski definition) is 1. The minimum atomic E-state index is -0.950. The van der Waals surface area contributed by atoms with Gasteiger partial charge >= 0.3 is 6.09 Å². The first-order chi connectivity index (χ1) is 6.16. The van der Waals surface area contributed by atoms with Crippen LogP contribution in [0.1, 0.15) is 11.3 Å². The number of hydrogen-bond acceptors (Lipinski definition) is 3. The number of halogens is 1. The van der Waals surface area contributed by atoms with Crippen molar-refractivity contribution in [1.82, 2.24) is 14.9 Å². The molecule has 0 spiro atoms. The summed E-state index contributed by atoms with van der Waals surface area (Å²) in [4.78, 5) is 19.6. The zero-order chi connectivity index (χ0) is 9.42. The van der Waals surface area contributed by atoms with E-state index in [2.05, 4.69) is 9.97 Å². The Bertz CT molecular complexity index is 369. The highest BCUT2D eigenvalue weighted by molar-refractivity contribution is 6.28. The van der Waals surface area contributed by atoms with Crippen LogP contribution in [0.15, 0.2) is 6.20 Å². The first kappa shape index (κ1) is 8.25. The van der Waals surface area contributed by atoms with Gasteiger partial charge < -0.3 is 5.11 Å². The van der Waals surface area contributed by atoms with Crippen LogP contribution in [0.3, 0.4) is 0 Å². The molecule has 0 aromatic carbocycles. The number of aromatic nitrogens is 2. The molecular formula is C7H6ClN3O2. The van der Waals surface area contributed by atoms with Crippen LogP contribution in [0.5, 0.6) is 0 Å². The number of amides is 1. The van der Waals surface area contributed by atoms with Crippen LogP contribution in [0.2, 0.25) is 5.28 Å². The molecule has 0 bridgehead atoms. The van der Waals surface area contributed by atoms with Crippen molar-refractivity contribution in [1.29, 1.82) is 0 Å². The second-order valence-corrected chi connectivity index (χ2v) is 3.09. The molecular weight excluding hydrogens is 194 g/mol.